The van der Waals surface area contributed by atoms with Crippen molar-refractivity contribution in [2.75, 3.05) is 7.11 Å². The summed E-state index contributed by atoms with van der Waals surface area (Å²) < 4.78 is 17.8. The monoisotopic (exact) mass is 196 g/mol. The van der Waals surface area contributed by atoms with Crippen LogP contribution in [0.2, 0.25) is 0 Å². The summed E-state index contributed by atoms with van der Waals surface area (Å²) in [6, 6.07) is 4.34. The number of carbonyl (C=O) groups is 1. The number of hydrogen-bond acceptors (Lipinski definition) is 2. The van der Waals surface area contributed by atoms with E-state index in [9.17, 15) is 9.18 Å². The van der Waals surface area contributed by atoms with E-state index in [-0.39, 0.29) is 11.7 Å². The summed E-state index contributed by atoms with van der Waals surface area (Å²) in [5.74, 6) is 0.0948. The fourth-order valence-corrected chi connectivity index (χ4v) is 1.28. The molecule has 1 unspecified atom stereocenters. The van der Waals surface area contributed by atoms with Crippen molar-refractivity contribution in [1.29, 1.82) is 0 Å². The van der Waals surface area contributed by atoms with Gasteiger partial charge in [0.2, 0.25) is 0 Å². The van der Waals surface area contributed by atoms with Crippen LogP contribution < -0.4 is 4.74 Å². The van der Waals surface area contributed by atoms with Crippen molar-refractivity contribution in [2.24, 2.45) is 5.92 Å². The minimum absolute atomic E-state index is 0.0747. The van der Waals surface area contributed by atoms with Crippen LogP contribution >= 0.6 is 0 Å². The molecule has 0 saturated heterocycles. The Hall–Kier alpha value is -1.38. The van der Waals surface area contributed by atoms with Gasteiger partial charge in [-0.2, -0.15) is 0 Å². The fourth-order valence-electron chi connectivity index (χ4n) is 1.28. The van der Waals surface area contributed by atoms with E-state index in [0.717, 1.165) is 11.8 Å². The SMILES string of the molecule is COc1cc(F)ccc1CC(C)C=O. The maximum absolute atomic E-state index is 12.8. The van der Waals surface area contributed by atoms with Gasteiger partial charge in [-0.25, -0.2) is 4.39 Å². The molecule has 2 nitrogen and oxygen atoms in total. The predicted octanol–water partition coefficient (Wildman–Crippen LogP) is 2.21. The standard InChI is InChI=1S/C11H13FO2/c1-8(7-13)5-9-3-4-10(12)6-11(9)14-2/h3-4,6-8H,5H2,1-2H3. The molecule has 0 amide bonds. The zero-order valence-electron chi connectivity index (χ0n) is 8.29. The van der Waals surface area contributed by atoms with E-state index >= 15 is 0 Å². The summed E-state index contributed by atoms with van der Waals surface area (Å²) in [6.07, 6.45) is 1.45. The topological polar surface area (TPSA) is 26.3 Å². The number of methoxy groups -OCH3 is 1. The van der Waals surface area contributed by atoms with Gasteiger partial charge in [0.15, 0.2) is 0 Å². The Kier molecular flexibility index (Phi) is 3.63. The van der Waals surface area contributed by atoms with E-state index < -0.39 is 0 Å². The molecule has 3 heteroatoms. The minimum Gasteiger partial charge on any atom is -0.496 e. The molecule has 1 atom stereocenters. The Morgan fingerprint density at radius 2 is 2.29 bits per heavy atom. The van der Waals surface area contributed by atoms with Crippen LogP contribution in [0.15, 0.2) is 18.2 Å². The Morgan fingerprint density at radius 1 is 1.57 bits per heavy atom. The van der Waals surface area contributed by atoms with Crippen LogP contribution in [0.3, 0.4) is 0 Å². The van der Waals surface area contributed by atoms with Crippen molar-refractivity contribution < 1.29 is 13.9 Å². The average molecular weight is 196 g/mol. The summed E-state index contributed by atoms with van der Waals surface area (Å²) >= 11 is 0. The van der Waals surface area contributed by atoms with Crippen molar-refractivity contribution in [1.82, 2.24) is 0 Å². The number of halogens is 1. The Bertz CT molecular complexity index is 323. The molecule has 76 valence electrons. The van der Waals surface area contributed by atoms with Crippen molar-refractivity contribution >= 4 is 6.29 Å². The number of rotatable bonds is 4. The quantitative estimate of drug-likeness (QED) is 0.690. The molecule has 14 heavy (non-hydrogen) atoms. The molecule has 0 heterocycles. The van der Waals surface area contributed by atoms with Crippen LogP contribution in [-0.2, 0) is 11.2 Å². The normalized spacial score (nSPS) is 12.2. The van der Waals surface area contributed by atoms with Crippen LogP contribution in [0.1, 0.15) is 12.5 Å². The summed E-state index contributed by atoms with van der Waals surface area (Å²) in [5, 5.41) is 0. The van der Waals surface area contributed by atoms with Gasteiger partial charge in [0.1, 0.15) is 17.9 Å². The Balaban J connectivity index is 2.90. The molecular formula is C11H13FO2. The molecule has 0 aliphatic heterocycles. The van der Waals surface area contributed by atoms with Gasteiger partial charge < -0.3 is 9.53 Å². The highest BCUT2D eigenvalue weighted by molar-refractivity contribution is 5.54. The molecule has 0 radical (unpaired) electrons. The third-order valence-electron chi connectivity index (χ3n) is 2.02. The highest BCUT2D eigenvalue weighted by Crippen LogP contribution is 2.21. The van der Waals surface area contributed by atoms with E-state index in [1.807, 2.05) is 6.92 Å². The second kappa shape index (κ2) is 4.74. The molecule has 0 saturated carbocycles. The predicted molar refractivity (Wildman–Crippen MR) is 51.9 cm³/mol. The van der Waals surface area contributed by atoms with E-state index in [1.54, 1.807) is 6.07 Å². The molecule has 0 fully saturated rings. The maximum Gasteiger partial charge on any atom is 0.126 e. The highest BCUT2D eigenvalue weighted by Gasteiger charge is 2.08. The molecule has 1 aromatic carbocycles. The first kappa shape index (κ1) is 10.7. The van der Waals surface area contributed by atoms with Gasteiger partial charge in [0.25, 0.3) is 0 Å². The first-order valence-corrected chi connectivity index (χ1v) is 4.45. The van der Waals surface area contributed by atoms with Gasteiger partial charge in [-0.05, 0) is 18.1 Å². The lowest BCUT2D eigenvalue weighted by atomic mass is 10.0. The lowest BCUT2D eigenvalue weighted by molar-refractivity contribution is -0.110. The number of ether oxygens (including phenoxy) is 1. The largest absolute Gasteiger partial charge is 0.496 e. The molecule has 0 bridgehead atoms. The van der Waals surface area contributed by atoms with Crippen molar-refractivity contribution in [3.05, 3.63) is 29.6 Å². The number of carbonyl (C=O) groups excluding carboxylic acids is 1. The molecule has 0 spiro atoms. The van der Waals surface area contributed by atoms with Gasteiger partial charge >= 0.3 is 0 Å². The zero-order valence-corrected chi connectivity index (χ0v) is 8.29. The highest BCUT2D eigenvalue weighted by atomic mass is 19.1. The molecular weight excluding hydrogens is 183 g/mol. The second-order valence-electron chi connectivity index (χ2n) is 3.27. The van der Waals surface area contributed by atoms with Crippen LogP contribution in [0.5, 0.6) is 5.75 Å². The Labute approximate surface area is 82.7 Å². The number of benzene rings is 1. The van der Waals surface area contributed by atoms with Crippen LogP contribution in [0, 0.1) is 11.7 Å². The van der Waals surface area contributed by atoms with Crippen LogP contribution in [-0.4, -0.2) is 13.4 Å². The van der Waals surface area contributed by atoms with Crippen molar-refractivity contribution in [2.45, 2.75) is 13.3 Å². The van der Waals surface area contributed by atoms with E-state index in [0.29, 0.717) is 12.2 Å². The molecule has 1 aromatic rings. The van der Waals surface area contributed by atoms with E-state index in [2.05, 4.69) is 0 Å². The molecule has 0 aliphatic rings. The minimum atomic E-state index is -0.329. The number of hydrogen-bond donors (Lipinski definition) is 0. The van der Waals surface area contributed by atoms with E-state index in [1.165, 1.54) is 19.2 Å². The first-order valence-electron chi connectivity index (χ1n) is 4.45. The van der Waals surface area contributed by atoms with Gasteiger partial charge in [-0.3, -0.25) is 0 Å². The molecule has 0 N–H and O–H groups in total. The van der Waals surface area contributed by atoms with E-state index in [4.69, 9.17) is 4.74 Å². The average Bonchev–Trinajstić information content (AvgIpc) is 2.20. The van der Waals surface area contributed by atoms with Gasteiger partial charge in [0.05, 0.1) is 7.11 Å². The zero-order chi connectivity index (χ0) is 10.6. The molecule has 1 rings (SSSR count). The van der Waals surface area contributed by atoms with Gasteiger partial charge in [-0.15, -0.1) is 0 Å². The summed E-state index contributed by atoms with van der Waals surface area (Å²) in [5.41, 5.74) is 0.855. The fraction of sp³-hybridized carbons (Fsp3) is 0.364. The second-order valence-corrected chi connectivity index (χ2v) is 3.27. The van der Waals surface area contributed by atoms with Crippen LogP contribution in [0.4, 0.5) is 4.39 Å². The van der Waals surface area contributed by atoms with Gasteiger partial charge in [0, 0.05) is 12.0 Å². The lowest BCUT2D eigenvalue weighted by Crippen LogP contribution is -2.02. The van der Waals surface area contributed by atoms with Crippen molar-refractivity contribution in [3.63, 3.8) is 0 Å². The Morgan fingerprint density at radius 3 is 2.86 bits per heavy atom. The number of aldehydes is 1. The third-order valence-corrected chi connectivity index (χ3v) is 2.02. The molecule has 0 aromatic heterocycles. The summed E-state index contributed by atoms with van der Waals surface area (Å²) in [7, 11) is 1.49. The summed E-state index contributed by atoms with van der Waals surface area (Å²) in [6.45, 7) is 1.82. The third kappa shape index (κ3) is 2.55. The smallest absolute Gasteiger partial charge is 0.126 e. The summed E-state index contributed by atoms with van der Waals surface area (Å²) in [4.78, 5) is 10.5. The van der Waals surface area contributed by atoms with Gasteiger partial charge in [-0.1, -0.05) is 13.0 Å². The molecule has 0 aliphatic carbocycles. The van der Waals surface area contributed by atoms with Crippen molar-refractivity contribution in [3.8, 4) is 5.75 Å². The maximum atomic E-state index is 12.8. The lowest BCUT2D eigenvalue weighted by Gasteiger charge is -2.09. The first-order chi connectivity index (χ1) is 6.67. The van der Waals surface area contributed by atoms with Crippen LogP contribution in [0.25, 0.3) is 0 Å².